The molecule has 0 aromatic carbocycles. The number of nitrogens with one attached hydrogen (secondary N) is 1. The summed E-state index contributed by atoms with van der Waals surface area (Å²) in [5.74, 6) is -0.0997. The number of aromatic nitrogens is 2. The van der Waals surface area contributed by atoms with Crippen LogP contribution in [0.1, 0.15) is 19.3 Å². The van der Waals surface area contributed by atoms with Crippen molar-refractivity contribution in [2.45, 2.75) is 25.8 Å². The minimum atomic E-state index is -0.208. The van der Waals surface area contributed by atoms with Gasteiger partial charge in [-0.1, -0.05) is 0 Å². The van der Waals surface area contributed by atoms with Crippen LogP contribution < -0.4 is 5.32 Å². The predicted octanol–water partition coefficient (Wildman–Crippen LogP) is 0.190. The summed E-state index contributed by atoms with van der Waals surface area (Å²) in [5, 5.41) is 7.33. The van der Waals surface area contributed by atoms with E-state index < -0.39 is 0 Å². The Morgan fingerprint density at radius 3 is 2.88 bits per heavy atom. The Morgan fingerprint density at radius 1 is 1.46 bits per heavy atom. The van der Waals surface area contributed by atoms with Crippen LogP contribution in [0.4, 0.5) is 0 Å². The van der Waals surface area contributed by atoms with Crippen LogP contribution in [0.15, 0.2) is 18.5 Å². The van der Waals surface area contributed by atoms with Gasteiger partial charge in [0.1, 0.15) is 0 Å². The molecule has 0 bridgehead atoms. The molecule has 1 aliphatic heterocycles. The van der Waals surface area contributed by atoms with Gasteiger partial charge < -0.3 is 15.1 Å². The number of likely N-dealkylation sites (tertiary alicyclic amines) is 1. The van der Waals surface area contributed by atoms with E-state index in [2.05, 4.69) is 10.4 Å². The van der Waals surface area contributed by atoms with E-state index in [-0.39, 0.29) is 23.1 Å². The Hall–Kier alpha value is -1.89. The molecule has 24 heavy (non-hydrogen) atoms. The summed E-state index contributed by atoms with van der Waals surface area (Å²) in [4.78, 5) is 28.3. The van der Waals surface area contributed by atoms with Crippen LogP contribution in [0.3, 0.4) is 0 Å². The molecule has 0 radical (unpaired) electrons. The third-order valence-electron chi connectivity index (χ3n) is 5.05. The predicted molar refractivity (Wildman–Crippen MR) is 90.1 cm³/mol. The van der Waals surface area contributed by atoms with E-state index in [1.54, 1.807) is 11.1 Å². The summed E-state index contributed by atoms with van der Waals surface area (Å²) in [6.07, 6.45) is 6.31. The largest absolute Gasteiger partial charge is 0.355 e. The molecule has 0 spiro atoms. The molecular formula is C17H27N5O2. The molecule has 1 aromatic heterocycles. The molecule has 1 aliphatic carbocycles. The zero-order valence-electron chi connectivity index (χ0n) is 14.6. The van der Waals surface area contributed by atoms with Gasteiger partial charge >= 0.3 is 0 Å². The molecule has 1 saturated heterocycles. The van der Waals surface area contributed by atoms with E-state index in [9.17, 15) is 9.59 Å². The maximum absolute atomic E-state index is 12.4. The molecule has 7 heteroatoms. The molecule has 1 saturated carbocycles. The first-order chi connectivity index (χ1) is 11.5. The monoisotopic (exact) mass is 333 g/mol. The molecule has 2 aliphatic rings. The van der Waals surface area contributed by atoms with Gasteiger partial charge in [0.25, 0.3) is 0 Å². The van der Waals surface area contributed by atoms with Crippen LogP contribution in [0, 0.1) is 11.3 Å². The van der Waals surface area contributed by atoms with Gasteiger partial charge in [-0.25, -0.2) is 0 Å². The Balaban J connectivity index is 1.45. The standard InChI is InChI=1S/C17H27N5O2/c1-20(2)8-9-21-11-14(10-15(21)23)16(24)18-12-17(4-5-17)13-22-7-3-6-19-22/h3,6-7,14H,4-5,8-13H2,1-2H3,(H,18,24)/t14-/m0/s1. The van der Waals surface area contributed by atoms with Gasteiger partial charge in [0.15, 0.2) is 0 Å². The number of hydrogen-bond donors (Lipinski definition) is 1. The Bertz CT molecular complexity index is 580. The van der Waals surface area contributed by atoms with Crippen LogP contribution in [0.5, 0.6) is 0 Å². The van der Waals surface area contributed by atoms with Gasteiger partial charge in [0.05, 0.1) is 5.92 Å². The molecule has 1 aromatic rings. The van der Waals surface area contributed by atoms with Crippen molar-refractivity contribution in [1.29, 1.82) is 0 Å². The average molecular weight is 333 g/mol. The van der Waals surface area contributed by atoms with Crippen molar-refractivity contribution in [3.05, 3.63) is 18.5 Å². The molecule has 2 fully saturated rings. The molecular weight excluding hydrogens is 306 g/mol. The molecule has 132 valence electrons. The van der Waals surface area contributed by atoms with E-state index in [0.717, 1.165) is 25.9 Å². The lowest BCUT2D eigenvalue weighted by Crippen LogP contribution is -2.38. The second-order valence-corrected chi connectivity index (χ2v) is 7.47. The maximum Gasteiger partial charge on any atom is 0.225 e. The van der Waals surface area contributed by atoms with Crippen molar-refractivity contribution in [3.8, 4) is 0 Å². The van der Waals surface area contributed by atoms with Crippen LogP contribution >= 0.6 is 0 Å². The highest BCUT2D eigenvalue weighted by molar-refractivity contribution is 5.89. The first-order valence-corrected chi connectivity index (χ1v) is 8.65. The molecule has 2 heterocycles. The number of carbonyl (C=O) groups excluding carboxylic acids is 2. The van der Waals surface area contributed by atoms with Crippen molar-refractivity contribution in [3.63, 3.8) is 0 Å². The third kappa shape index (κ3) is 4.14. The highest BCUT2D eigenvalue weighted by Crippen LogP contribution is 2.46. The summed E-state index contributed by atoms with van der Waals surface area (Å²) < 4.78 is 1.93. The number of amides is 2. The number of hydrogen-bond acceptors (Lipinski definition) is 4. The molecule has 1 N–H and O–H groups in total. The summed E-state index contributed by atoms with van der Waals surface area (Å²) in [6.45, 7) is 3.59. The minimum absolute atomic E-state index is 0.0162. The third-order valence-corrected chi connectivity index (χ3v) is 5.05. The highest BCUT2D eigenvalue weighted by atomic mass is 16.2. The van der Waals surface area contributed by atoms with Gasteiger partial charge in [-0.3, -0.25) is 14.3 Å². The van der Waals surface area contributed by atoms with Crippen molar-refractivity contribution in [2.75, 3.05) is 40.3 Å². The van der Waals surface area contributed by atoms with Gasteiger partial charge in [-0.2, -0.15) is 5.10 Å². The summed E-state index contributed by atoms with van der Waals surface area (Å²) in [7, 11) is 3.97. The molecule has 3 rings (SSSR count). The van der Waals surface area contributed by atoms with Gasteiger partial charge in [0, 0.05) is 57.0 Å². The maximum atomic E-state index is 12.4. The lowest BCUT2D eigenvalue weighted by atomic mass is 10.1. The topological polar surface area (TPSA) is 70.5 Å². The molecule has 1 atom stereocenters. The van der Waals surface area contributed by atoms with Crippen molar-refractivity contribution >= 4 is 11.8 Å². The van der Waals surface area contributed by atoms with Gasteiger partial charge in [-0.05, 0) is 33.0 Å². The van der Waals surface area contributed by atoms with Crippen molar-refractivity contribution < 1.29 is 9.59 Å². The fraction of sp³-hybridized carbons (Fsp3) is 0.706. The van der Waals surface area contributed by atoms with Crippen LogP contribution in [-0.4, -0.2) is 71.7 Å². The van der Waals surface area contributed by atoms with Crippen molar-refractivity contribution in [2.24, 2.45) is 11.3 Å². The lowest BCUT2D eigenvalue weighted by Gasteiger charge is -2.20. The molecule has 7 nitrogen and oxygen atoms in total. The zero-order valence-corrected chi connectivity index (χ0v) is 14.6. The van der Waals surface area contributed by atoms with E-state index in [1.165, 1.54) is 0 Å². The van der Waals surface area contributed by atoms with E-state index in [4.69, 9.17) is 0 Å². The highest BCUT2D eigenvalue weighted by Gasteiger charge is 2.44. The summed E-state index contributed by atoms with van der Waals surface area (Å²) >= 11 is 0. The zero-order chi connectivity index (χ0) is 17.2. The fourth-order valence-corrected chi connectivity index (χ4v) is 3.21. The summed E-state index contributed by atoms with van der Waals surface area (Å²) in [6, 6.07) is 1.92. The van der Waals surface area contributed by atoms with Crippen LogP contribution in [0.2, 0.25) is 0 Å². The minimum Gasteiger partial charge on any atom is -0.355 e. The number of carbonyl (C=O) groups is 2. The number of rotatable bonds is 8. The van der Waals surface area contributed by atoms with Gasteiger partial charge in [0.2, 0.25) is 11.8 Å². The summed E-state index contributed by atoms with van der Waals surface area (Å²) in [5.41, 5.74) is 0.148. The van der Waals surface area contributed by atoms with E-state index >= 15 is 0 Å². The van der Waals surface area contributed by atoms with Crippen LogP contribution in [0.25, 0.3) is 0 Å². The Morgan fingerprint density at radius 2 is 2.25 bits per heavy atom. The number of likely N-dealkylation sites (N-methyl/N-ethyl adjacent to an activating group) is 1. The molecule has 2 amide bonds. The lowest BCUT2D eigenvalue weighted by molar-refractivity contribution is -0.129. The SMILES string of the molecule is CN(C)CCN1C[C@@H](C(=O)NCC2(Cn3cccn3)CC2)CC1=O. The Labute approximate surface area is 143 Å². The van der Waals surface area contributed by atoms with E-state index in [1.807, 2.05) is 35.9 Å². The van der Waals surface area contributed by atoms with Crippen molar-refractivity contribution in [1.82, 2.24) is 24.9 Å². The average Bonchev–Trinajstić information content (AvgIpc) is 2.93. The first kappa shape index (κ1) is 17.0. The quantitative estimate of drug-likeness (QED) is 0.737. The Kier molecular flexibility index (Phi) is 4.89. The van der Waals surface area contributed by atoms with Crippen LogP contribution in [-0.2, 0) is 16.1 Å². The first-order valence-electron chi connectivity index (χ1n) is 8.65. The van der Waals surface area contributed by atoms with Gasteiger partial charge in [-0.15, -0.1) is 0 Å². The smallest absolute Gasteiger partial charge is 0.225 e. The fourth-order valence-electron chi connectivity index (χ4n) is 3.21. The van der Waals surface area contributed by atoms with E-state index in [0.29, 0.717) is 26.1 Å². The second-order valence-electron chi connectivity index (χ2n) is 7.47. The normalized spacial score (nSPS) is 22.2. The molecule has 0 unspecified atom stereocenters. The second kappa shape index (κ2) is 6.93. The number of nitrogens with zero attached hydrogens (tertiary/aromatic N) is 4.